The van der Waals surface area contributed by atoms with Gasteiger partial charge in [0, 0.05) is 13.2 Å². The topological polar surface area (TPSA) is 24.5 Å². The van der Waals surface area contributed by atoms with Crippen molar-refractivity contribution in [3.8, 4) is 0 Å². The van der Waals surface area contributed by atoms with Gasteiger partial charge in [-0.25, -0.2) is 0 Å². The number of ether oxygens (including phenoxy) is 1. The predicted octanol–water partition coefficient (Wildman–Crippen LogP) is 0.174. The molecule has 11 heavy (non-hydrogen) atoms. The van der Waals surface area contributed by atoms with Crippen molar-refractivity contribution in [2.75, 3.05) is 47.4 Å². The number of nitrogens with zero attached hydrogens (tertiary/aromatic N) is 1. The fourth-order valence-electron chi connectivity index (χ4n) is 0.759. The van der Waals surface area contributed by atoms with Crippen LogP contribution in [0.15, 0.2) is 0 Å². The van der Waals surface area contributed by atoms with Crippen molar-refractivity contribution in [2.45, 2.75) is 6.42 Å². The molecular formula is C8H20N2O. The highest BCUT2D eigenvalue weighted by molar-refractivity contribution is 4.43. The van der Waals surface area contributed by atoms with E-state index in [0.29, 0.717) is 0 Å². The predicted molar refractivity (Wildman–Crippen MR) is 47.9 cm³/mol. The summed E-state index contributed by atoms with van der Waals surface area (Å²) in [6, 6.07) is 0. The molecule has 3 nitrogen and oxygen atoms in total. The summed E-state index contributed by atoms with van der Waals surface area (Å²) in [4.78, 5) is 2.17. The Morgan fingerprint density at radius 1 is 1.27 bits per heavy atom. The molecule has 0 aliphatic rings. The van der Waals surface area contributed by atoms with E-state index in [2.05, 4.69) is 24.3 Å². The van der Waals surface area contributed by atoms with Gasteiger partial charge in [0.15, 0.2) is 0 Å². The number of hydrogen-bond donors (Lipinski definition) is 1. The van der Waals surface area contributed by atoms with Gasteiger partial charge in [0.1, 0.15) is 0 Å². The molecule has 0 saturated heterocycles. The Morgan fingerprint density at radius 2 is 2.00 bits per heavy atom. The van der Waals surface area contributed by atoms with Crippen molar-refractivity contribution in [1.82, 2.24) is 10.2 Å². The van der Waals surface area contributed by atoms with E-state index in [1.165, 1.54) is 0 Å². The lowest BCUT2D eigenvalue weighted by atomic mass is 10.4. The van der Waals surface area contributed by atoms with Crippen LogP contribution in [-0.2, 0) is 4.74 Å². The van der Waals surface area contributed by atoms with Crippen LogP contribution < -0.4 is 5.32 Å². The third-order valence-corrected chi connectivity index (χ3v) is 1.39. The summed E-state index contributed by atoms with van der Waals surface area (Å²) in [6.07, 6.45) is 1.12. The molecule has 0 aliphatic heterocycles. The quantitative estimate of drug-likeness (QED) is 0.537. The highest BCUT2D eigenvalue weighted by Crippen LogP contribution is 1.84. The van der Waals surface area contributed by atoms with Gasteiger partial charge in [-0.2, -0.15) is 0 Å². The Kier molecular flexibility index (Phi) is 7.89. The molecule has 0 aromatic heterocycles. The van der Waals surface area contributed by atoms with Crippen molar-refractivity contribution in [1.29, 1.82) is 0 Å². The van der Waals surface area contributed by atoms with Crippen molar-refractivity contribution < 1.29 is 4.74 Å². The fraction of sp³-hybridized carbons (Fsp3) is 1.00. The molecule has 0 fully saturated rings. The molecule has 0 bridgehead atoms. The maximum absolute atomic E-state index is 5.34. The van der Waals surface area contributed by atoms with E-state index in [9.17, 15) is 0 Å². The van der Waals surface area contributed by atoms with Crippen LogP contribution in [0.4, 0.5) is 0 Å². The number of rotatable bonds is 7. The van der Waals surface area contributed by atoms with Crippen molar-refractivity contribution in [3.63, 3.8) is 0 Å². The summed E-state index contributed by atoms with van der Waals surface area (Å²) >= 11 is 0. The van der Waals surface area contributed by atoms with Crippen LogP contribution in [0.2, 0.25) is 0 Å². The maximum atomic E-state index is 5.34. The van der Waals surface area contributed by atoms with Crippen molar-refractivity contribution in [3.05, 3.63) is 0 Å². The third-order valence-electron chi connectivity index (χ3n) is 1.39. The van der Waals surface area contributed by atoms with Crippen molar-refractivity contribution in [2.24, 2.45) is 0 Å². The lowest BCUT2D eigenvalue weighted by molar-refractivity contribution is 0.129. The molecule has 3 heteroatoms. The smallest absolute Gasteiger partial charge is 0.0590 e. The second kappa shape index (κ2) is 7.98. The Labute approximate surface area is 69.7 Å². The van der Waals surface area contributed by atoms with Crippen LogP contribution >= 0.6 is 0 Å². The van der Waals surface area contributed by atoms with E-state index < -0.39 is 0 Å². The van der Waals surface area contributed by atoms with E-state index in [4.69, 9.17) is 4.74 Å². The SMILES string of the molecule is CNCCOCCCN(C)C. The minimum absolute atomic E-state index is 0.823. The summed E-state index contributed by atoms with van der Waals surface area (Å²) in [7, 11) is 6.09. The second-order valence-electron chi connectivity index (χ2n) is 2.87. The summed E-state index contributed by atoms with van der Waals surface area (Å²) in [5.74, 6) is 0. The maximum Gasteiger partial charge on any atom is 0.0590 e. The first-order valence-electron chi connectivity index (χ1n) is 4.14. The Bertz CT molecular complexity index is 76.5. The van der Waals surface area contributed by atoms with Gasteiger partial charge in [-0.1, -0.05) is 0 Å². The van der Waals surface area contributed by atoms with Gasteiger partial charge in [-0.05, 0) is 34.1 Å². The number of hydrogen-bond acceptors (Lipinski definition) is 3. The van der Waals surface area contributed by atoms with Crippen LogP contribution in [0.5, 0.6) is 0 Å². The summed E-state index contributed by atoms with van der Waals surface area (Å²) < 4.78 is 5.34. The minimum Gasteiger partial charge on any atom is -0.380 e. The van der Waals surface area contributed by atoms with Gasteiger partial charge in [0.05, 0.1) is 6.61 Å². The molecule has 0 aliphatic carbocycles. The zero-order valence-electron chi connectivity index (χ0n) is 7.89. The molecule has 1 N–H and O–H groups in total. The van der Waals surface area contributed by atoms with E-state index in [-0.39, 0.29) is 0 Å². The van der Waals surface area contributed by atoms with Gasteiger partial charge in [0.25, 0.3) is 0 Å². The normalized spacial score (nSPS) is 10.9. The molecule has 0 aromatic rings. The average molecular weight is 160 g/mol. The van der Waals surface area contributed by atoms with E-state index in [1.807, 2.05) is 7.05 Å². The highest BCUT2D eigenvalue weighted by Gasteiger charge is 1.90. The monoisotopic (exact) mass is 160 g/mol. The standard InChI is InChI=1S/C8H20N2O/c1-9-5-8-11-7-4-6-10(2)3/h9H,4-8H2,1-3H3. The molecule has 0 aromatic carbocycles. The largest absolute Gasteiger partial charge is 0.380 e. The van der Waals surface area contributed by atoms with E-state index >= 15 is 0 Å². The fourth-order valence-corrected chi connectivity index (χ4v) is 0.759. The lowest BCUT2D eigenvalue weighted by Gasteiger charge is -2.08. The average Bonchev–Trinajstić information content (AvgIpc) is 1.96. The summed E-state index contributed by atoms with van der Waals surface area (Å²) in [5.41, 5.74) is 0. The van der Waals surface area contributed by atoms with Crippen LogP contribution in [0, 0.1) is 0 Å². The van der Waals surface area contributed by atoms with Gasteiger partial charge in [-0.15, -0.1) is 0 Å². The van der Waals surface area contributed by atoms with E-state index in [1.54, 1.807) is 0 Å². The van der Waals surface area contributed by atoms with Crippen LogP contribution in [-0.4, -0.2) is 52.3 Å². The number of likely N-dealkylation sites (N-methyl/N-ethyl adjacent to an activating group) is 1. The molecule has 68 valence electrons. The first-order chi connectivity index (χ1) is 5.27. The van der Waals surface area contributed by atoms with E-state index in [0.717, 1.165) is 32.7 Å². The third kappa shape index (κ3) is 9.88. The molecule has 0 heterocycles. The van der Waals surface area contributed by atoms with Gasteiger partial charge in [-0.3, -0.25) is 0 Å². The van der Waals surface area contributed by atoms with Crippen LogP contribution in [0.25, 0.3) is 0 Å². The Balaban J connectivity index is 2.80. The van der Waals surface area contributed by atoms with Crippen LogP contribution in [0.1, 0.15) is 6.42 Å². The van der Waals surface area contributed by atoms with Gasteiger partial charge >= 0.3 is 0 Å². The Hall–Kier alpha value is -0.120. The lowest BCUT2D eigenvalue weighted by Crippen LogP contribution is -2.17. The Morgan fingerprint density at radius 3 is 2.55 bits per heavy atom. The molecule has 0 amide bonds. The zero-order valence-corrected chi connectivity index (χ0v) is 7.89. The summed E-state index contributed by atoms with van der Waals surface area (Å²) in [5, 5.41) is 3.03. The molecule has 0 unspecified atom stereocenters. The molecule has 0 saturated carbocycles. The molecule has 0 radical (unpaired) electrons. The first kappa shape index (κ1) is 10.9. The minimum atomic E-state index is 0.823. The molecule has 0 rings (SSSR count). The molecule has 0 atom stereocenters. The molecule has 0 spiro atoms. The first-order valence-corrected chi connectivity index (χ1v) is 4.14. The van der Waals surface area contributed by atoms with Crippen LogP contribution in [0.3, 0.4) is 0 Å². The second-order valence-corrected chi connectivity index (χ2v) is 2.87. The summed E-state index contributed by atoms with van der Waals surface area (Å²) in [6.45, 7) is 3.76. The molecular weight excluding hydrogens is 140 g/mol. The van der Waals surface area contributed by atoms with Gasteiger partial charge in [0.2, 0.25) is 0 Å². The number of nitrogens with one attached hydrogen (secondary N) is 1. The highest BCUT2D eigenvalue weighted by atomic mass is 16.5. The van der Waals surface area contributed by atoms with Gasteiger partial charge < -0.3 is 15.0 Å². The zero-order chi connectivity index (χ0) is 8.53. The van der Waals surface area contributed by atoms with Crippen molar-refractivity contribution >= 4 is 0 Å².